The summed E-state index contributed by atoms with van der Waals surface area (Å²) in [5.74, 6) is 0.715. The van der Waals surface area contributed by atoms with Crippen molar-refractivity contribution in [3.8, 4) is 0 Å². The molecule has 4 rings (SSSR count). The van der Waals surface area contributed by atoms with E-state index in [1.165, 1.54) is 0 Å². The van der Waals surface area contributed by atoms with Crippen LogP contribution in [0.2, 0.25) is 0 Å². The number of amides is 1. The van der Waals surface area contributed by atoms with Crippen molar-refractivity contribution in [1.82, 2.24) is 20.0 Å². The average molecular weight is 357 g/mol. The molecule has 1 aliphatic carbocycles. The van der Waals surface area contributed by atoms with Crippen molar-refractivity contribution in [1.29, 1.82) is 0 Å². The number of anilines is 1. The van der Waals surface area contributed by atoms with Gasteiger partial charge in [0.2, 0.25) is 5.95 Å². The predicted octanol–water partition coefficient (Wildman–Crippen LogP) is 1.33. The van der Waals surface area contributed by atoms with E-state index in [0.717, 1.165) is 36.9 Å². The number of carbonyl (C=O) groups is 1. The second-order valence-corrected chi connectivity index (χ2v) is 7.26. The minimum absolute atomic E-state index is 0.0212. The van der Waals surface area contributed by atoms with Gasteiger partial charge in [-0.05, 0) is 39.0 Å². The van der Waals surface area contributed by atoms with Gasteiger partial charge in [-0.25, -0.2) is 4.98 Å². The highest BCUT2D eigenvalue weighted by Gasteiger charge is 2.45. The maximum Gasteiger partial charge on any atom is 0.259 e. The molecule has 1 amide bonds. The Morgan fingerprint density at radius 2 is 2.08 bits per heavy atom. The third-order valence-corrected chi connectivity index (χ3v) is 5.88. The number of aromatic nitrogens is 3. The normalized spacial score (nSPS) is 18.3. The van der Waals surface area contributed by atoms with Gasteiger partial charge in [-0.1, -0.05) is 12.1 Å². The van der Waals surface area contributed by atoms with Crippen LogP contribution in [0.25, 0.3) is 0 Å². The van der Waals surface area contributed by atoms with Crippen molar-refractivity contribution in [3.63, 3.8) is 0 Å². The predicted molar refractivity (Wildman–Crippen MR) is 95.0 cm³/mol. The highest BCUT2D eigenvalue weighted by Crippen LogP contribution is 2.44. The average Bonchev–Trinajstić information content (AvgIpc) is 3.16. The van der Waals surface area contributed by atoms with Crippen LogP contribution in [0.1, 0.15) is 59.3 Å². The van der Waals surface area contributed by atoms with Gasteiger partial charge in [0.05, 0.1) is 11.4 Å². The number of rotatable bonds is 2. The zero-order chi connectivity index (χ0) is 18.5. The molecule has 138 valence electrons. The highest BCUT2D eigenvalue weighted by molar-refractivity contribution is 5.96. The third kappa shape index (κ3) is 2.43. The molecule has 2 aromatic heterocycles. The molecule has 0 atom stereocenters. The summed E-state index contributed by atoms with van der Waals surface area (Å²) in [7, 11) is 0. The Bertz CT molecular complexity index is 921. The molecule has 0 saturated carbocycles. The molecular weight excluding hydrogens is 334 g/mol. The molecule has 0 radical (unpaired) electrons. The summed E-state index contributed by atoms with van der Waals surface area (Å²) in [5.41, 5.74) is 8.37. The minimum Gasteiger partial charge on any atom is -0.369 e. The second kappa shape index (κ2) is 5.96. The molecule has 8 nitrogen and oxygen atoms in total. The van der Waals surface area contributed by atoms with E-state index in [9.17, 15) is 9.59 Å². The first-order chi connectivity index (χ1) is 12.4. The van der Waals surface area contributed by atoms with Crippen molar-refractivity contribution in [3.05, 3.63) is 38.6 Å². The Balaban J connectivity index is 1.57. The molecule has 3 heterocycles. The Morgan fingerprint density at radius 3 is 2.77 bits per heavy atom. The lowest BCUT2D eigenvalue weighted by Crippen LogP contribution is -2.45. The van der Waals surface area contributed by atoms with Crippen molar-refractivity contribution in [2.75, 3.05) is 18.8 Å². The van der Waals surface area contributed by atoms with E-state index in [-0.39, 0.29) is 22.8 Å². The molecule has 1 spiro atoms. The van der Waals surface area contributed by atoms with Gasteiger partial charge in [-0.15, -0.1) is 0 Å². The number of nitrogens with two attached hydrogens (primary N) is 1. The Morgan fingerprint density at radius 1 is 1.35 bits per heavy atom. The lowest BCUT2D eigenvalue weighted by molar-refractivity contribution is 0.0661. The van der Waals surface area contributed by atoms with Crippen LogP contribution in [0.5, 0.6) is 0 Å². The number of aryl methyl sites for hydroxylation is 2. The van der Waals surface area contributed by atoms with Gasteiger partial charge in [0.15, 0.2) is 0 Å². The van der Waals surface area contributed by atoms with Gasteiger partial charge >= 0.3 is 0 Å². The molecule has 0 unspecified atom stereocenters. The molecule has 26 heavy (non-hydrogen) atoms. The van der Waals surface area contributed by atoms with Crippen LogP contribution in [0, 0.1) is 6.92 Å². The van der Waals surface area contributed by atoms with E-state index >= 15 is 0 Å². The van der Waals surface area contributed by atoms with Crippen LogP contribution >= 0.6 is 0 Å². The fourth-order valence-electron chi connectivity index (χ4n) is 4.38. The number of nitrogens with zero attached hydrogens (tertiary/aromatic N) is 3. The van der Waals surface area contributed by atoms with Crippen LogP contribution in [0.4, 0.5) is 5.95 Å². The monoisotopic (exact) mass is 357 g/mol. The van der Waals surface area contributed by atoms with E-state index in [0.29, 0.717) is 36.5 Å². The molecule has 1 fully saturated rings. The molecule has 1 saturated heterocycles. The first-order valence-electron chi connectivity index (χ1n) is 9.09. The van der Waals surface area contributed by atoms with Gasteiger partial charge in [-0.3, -0.25) is 14.6 Å². The maximum absolute atomic E-state index is 13.0. The highest BCUT2D eigenvalue weighted by atomic mass is 16.5. The molecule has 1 aliphatic heterocycles. The smallest absolute Gasteiger partial charge is 0.259 e. The quantitative estimate of drug-likeness (QED) is 0.837. The fourth-order valence-corrected chi connectivity index (χ4v) is 4.38. The molecular formula is C18H23N5O3. The standard InChI is InChI=1S/C18H23N5O3/c1-3-12-13(10(2)26-22-12)16(25)23-8-6-18(7-9-23)5-4-11-14(18)20-17(19)21-15(11)24/h3-9H2,1-2H3,(H3,19,20,21,24). The summed E-state index contributed by atoms with van der Waals surface area (Å²) < 4.78 is 5.21. The third-order valence-electron chi connectivity index (χ3n) is 5.88. The first kappa shape index (κ1) is 16.8. The number of hydrogen-bond acceptors (Lipinski definition) is 6. The van der Waals surface area contributed by atoms with Gasteiger partial charge < -0.3 is 15.2 Å². The van der Waals surface area contributed by atoms with Crippen LogP contribution in [0.15, 0.2) is 9.32 Å². The van der Waals surface area contributed by atoms with E-state index in [4.69, 9.17) is 10.3 Å². The molecule has 3 N–H and O–H groups in total. The van der Waals surface area contributed by atoms with E-state index in [2.05, 4.69) is 15.1 Å². The number of likely N-dealkylation sites (tertiary alicyclic amines) is 1. The van der Waals surface area contributed by atoms with E-state index < -0.39 is 0 Å². The number of nitrogens with one attached hydrogen (secondary N) is 1. The Hall–Kier alpha value is -2.64. The SMILES string of the molecule is CCc1noc(C)c1C(=O)N1CCC2(CCc3c2nc(N)[nH]c3=O)CC1. The fraction of sp³-hybridized carbons (Fsp3) is 0.556. The van der Waals surface area contributed by atoms with Gasteiger partial charge in [0.25, 0.3) is 11.5 Å². The minimum atomic E-state index is -0.147. The molecule has 2 aromatic rings. The summed E-state index contributed by atoms with van der Waals surface area (Å²) >= 11 is 0. The summed E-state index contributed by atoms with van der Waals surface area (Å²) in [6, 6.07) is 0. The van der Waals surface area contributed by atoms with Crippen molar-refractivity contribution in [2.45, 2.75) is 51.4 Å². The van der Waals surface area contributed by atoms with Gasteiger partial charge in [0.1, 0.15) is 11.3 Å². The van der Waals surface area contributed by atoms with Crippen molar-refractivity contribution in [2.24, 2.45) is 0 Å². The lowest BCUT2D eigenvalue weighted by atomic mass is 9.76. The van der Waals surface area contributed by atoms with Crippen molar-refractivity contribution >= 4 is 11.9 Å². The first-order valence-corrected chi connectivity index (χ1v) is 9.09. The van der Waals surface area contributed by atoms with Crippen LogP contribution in [0.3, 0.4) is 0 Å². The topological polar surface area (TPSA) is 118 Å². The summed E-state index contributed by atoms with van der Waals surface area (Å²) in [6.45, 7) is 4.99. The van der Waals surface area contributed by atoms with Gasteiger partial charge in [-0.2, -0.15) is 0 Å². The number of nitrogen functional groups attached to an aromatic ring is 1. The number of aromatic amines is 1. The molecule has 2 aliphatic rings. The summed E-state index contributed by atoms with van der Waals surface area (Å²) in [4.78, 5) is 34.0. The van der Waals surface area contributed by atoms with Crippen LogP contribution < -0.4 is 11.3 Å². The van der Waals surface area contributed by atoms with Gasteiger partial charge in [0, 0.05) is 24.1 Å². The molecule has 0 bridgehead atoms. The Labute approximate surface area is 150 Å². The number of hydrogen-bond donors (Lipinski definition) is 2. The zero-order valence-electron chi connectivity index (χ0n) is 15.1. The maximum atomic E-state index is 13.0. The van der Waals surface area contributed by atoms with Crippen LogP contribution in [-0.4, -0.2) is 39.0 Å². The van der Waals surface area contributed by atoms with E-state index in [1.54, 1.807) is 6.92 Å². The largest absolute Gasteiger partial charge is 0.369 e. The zero-order valence-corrected chi connectivity index (χ0v) is 15.1. The number of piperidine rings is 1. The number of fused-ring (bicyclic) bond motifs is 2. The second-order valence-electron chi connectivity index (χ2n) is 7.26. The lowest BCUT2D eigenvalue weighted by Gasteiger charge is -2.39. The molecule has 8 heteroatoms. The Kier molecular flexibility index (Phi) is 3.86. The number of H-pyrrole nitrogens is 1. The number of carbonyl (C=O) groups excluding carboxylic acids is 1. The van der Waals surface area contributed by atoms with E-state index in [1.807, 2.05) is 11.8 Å². The summed E-state index contributed by atoms with van der Waals surface area (Å²) in [6.07, 6.45) is 3.84. The van der Waals surface area contributed by atoms with Crippen molar-refractivity contribution < 1.29 is 9.32 Å². The molecule has 0 aromatic carbocycles. The summed E-state index contributed by atoms with van der Waals surface area (Å²) in [5, 5.41) is 3.99. The van der Waals surface area contributed by atoms with Crippen LogP contribution in [-0.2, 0) is 18.3 Å².